The molecule has 156 valence electrons. The van der Waals surface area contributed by atoms with Gasteiger partial charge in [-0.15, -0.1) is 0 Å². The highest BCUT2D eigenvalue weighted by Crippen LogP contribution is 2.44. The van der Waals surface area contributed by atoms with Gasteiger partial charge >= 0.3 is 0 Å². The Morgan fingerprint density at radius 2 is 1.93 bits per heavy atom. The molecule has 7 heteroatoms. The first kappa shape index (κ1) is 19.8. The summed E-state index contributed by atoms with van der Waals surface area (Å²) in [4.78, 5) is 15.0. The van der Waals surface area contributed by atoms with Crippen molar-refractivity contribution in [1.29, 1.82) is 0 Å². The molecule has 1 atom stereocenters. The van der Waals surface area contributed by atoms with Crippen LogP contribution in [0.2, 0.25) is 0 Å². The van der Waals surface area contributed by atoms with Gasteiger partial charge in [0.1, 0.15) is 11.4 Å². The SMILES string of the molecule is CCCN1C(=O)c2[nH]nc(-c3ccc(OCC)cc3)c2C1c1ccc(O)c(OC)c1. The van der Waals surface area contributed by atoms with E-state index in [1.165, 1.54) is 7.11 Å². The van der Waals surface area contributed by atoms with E-state index in [2.05, 4.69) is 10.2 Å². The van der Waals surface area contributed by atoms with E-state index in [9.17, 15) is 9.90 Å². The fourth-order valence-corrected chi connectivity index (χ4v) is 3.97. The molecule has 0 fully saturated rings. The number of amides is 1. The molecule has 4 rings (SSSR count). The van der Waals surface area contributed by atoms with Crippen LogP contribution in [0.15, 0.2) is 42.5 Å². The van der Waals surface area contributed by atoms with Gasteiger partial charge in [0.2, 0.25) is 0 Å². The van der Waals surface area contributed by atoms with E-state index in [1.54, 1.807) is 12.1 Å². The number of ether oxygens (including phenoxy) is 2. The lowest BCUT2D eigenvalue weighted by Gasteiger charge is -2.26. The number of methoxy groups -OCH3 is 1. The minimum atomic E-state index is -0.317. The van der Waals surface area contributed by atoms with Crippen molar-refractivity contribution in [3.63, 3.8) is 0 Å². The van der Waals surface area contributed by atoms with Crippen LogP contribution in [0.4, 0.5) is 0 Å². The highest BCUT2D eigenvalue weighted by atomic mass is 16.5. The maximum absolute atomic E-state index is 13.1. The number of carbonyl (C=O) groups excluding carboxylic acids is 1. The smallest absolute Gasteiger partial charge is 0.273 e. The van der Waals surface area contributed by atoms with Gasteiger partial charge in [0.25, 0.3) is 5.91 Å². The van der Waals surface area contributed by atoms with Crippen LogP contribution in [0, 0.1) is 0 Å². The van der Waals surface area contributed by atoms with Gasteiger partial charge in [0.15, 0.2) is 11.5 Å². The topological polar surface area (TPSA) is 87.7 Å². The number of fused-ring (bicyclic) bond motifs is 1. The number of phenolic OH excluding ortho intramolecular Hbond substituents is 1. The molecule has 0 radical (unpaired) electrons. The summed E-state index contributed by atoms with van der Waals surface area (Å²) < 4.78 is 10.8. The number of H-pyrrole nitrogens is 1. The summed E-state index contributed by atoms with van der Waals surface area (Å²) in [6.45, 7) is 5.19. The predicted molar refractivity (Wildman–Crippen MR) is 113 cm³/mol. The highest BCUT2D eigenvalue weighted by molar-refractivity contribution is 6.00. The molecule has 0 aliphatic carbocycles. The number of benzene rings is 2. The lowest BCUT2D eigenvalue weighted by Crippen LogP contribution is -2.30. The molecule has 1 amide bonds. The van der Waals surface area contributed by atoms with Crippen LogP contribution in [0.1, 0.15) is 47.9 Å². The number of aromatic nitrogens is 2. The number of hydrogen-bond acceptors (Lipinski definition) is 5. The Hall–Kier alpha value is -3.48. The quantitative estimate of drug-likeness (QED) is 0.614. The monoisotopic (exact) mass is 407 g/mol. The Bertz CT molecular complexity index is 1060. The van der Waals surface area contributed by atoms with Crippen molar-refractivity contribution in [3.05, 3.63) is 59.3 Å². The molecule has 2 aromatic carbocycles. The number of hydrogen-bond donors (Lipinski definition) is 2. The maximum atomic E-state index is 13.1. The Morgan fingerprint density at radius 3 is 2.60 bits per heavy atom. The minimum Gasteiger partial charge on any atom is -0.504 e. The van der Waals surface area contributed by atoms with E-state index in [0.29, 0.717) is 24.6 Å². The van der Waals surface area contributed by atoms with E-state index in [-0.39, 0.29) is 17.7 Å². The molecule has 3 aromatic rings. The number of aromatic amines is 1. The van der Waals surface area contributed by atoms with E-state index < -0.39 is 0 Å². The summed E-state index contributed by atoms with van der Waals surface area (Å²) in [5.41, 5.74) is 3.84. The van der Waals surface area contributed by atoms with Crippen molar-refractivity contribution in [1.82, 2.24) is 15.1 Å². The zero-order chi connectivity index (χ0) is 21.3. The third kappa shape index (κ3) is 3.26. The fourth-order valence-electron chi connectivity index (χ4n) is 3.97. The maximum Gasteiger partial charge on any atom is 0.273 e. The third-order valence-corrected chi connectivity index (χ3v) is 5.29. The third-order valence-electron chi connectivity index (χ3n) is 5.29. The van der Waals surface area contributed by atoms with Crippen LogP contribution in [0.5, 0.6) is 17.2 Å². The molecule has 0 saturated heterocycles. The molecular formula is C23H25N3O4. The second kappa shape index (κ2) is 8.10. The molecule has 0 saturated carbocycles. The first-order valence-corrected chi connectivity index (χ1v) is 10.1. The van der Waals surface area contributed by atoms with Crippen LogP contribution in [-0.2, 0) is 0 Å². The largest absolute Gasteiger partial charge is 0.504 e. The molecule has 2 heterocycles. The number of phenols is 1. The summed E-state index contributed by atoms with van der Waals surface area (Å²) in [5.74, 6) is 1.15. The Kier molecular flexibility index (Phi) is 5.35. The molecule has 1 aromatic heterocycles. The summed E-state index contributed by atoms with van der Waals surface area (Å²) in [6.07, 6.45) is 0.827. The van der Waals surface area contributed by atoms with Crippen molar-refractivity contribution >= 4 is 5.91 Å². The van der Waals surface area contributed by atoms with Gasteiger partial charge in [-0.3, -0.25) is 9.89 Å². The summed E-state index contributed by atoms with van der Waals surface area (Å²) in [5, 5.41) is 17.4. The highest BCUT2D eigenvalue weighted by Gasteiger charge is 2.41. The molecule has 2 N–H and O–H groups in total. The molecule has 0 bridgehead atoms. The second-order valence-corrected chi connectivity index (χ2v) is 7.15. The number of nitrogens with one attached hydrogen (secondary N) is 1. The molecule has 0 spiro atoms. The van der Waals surface area contributed by atoms with Crippen molar-refractivity contribution < 1.29 is 19.4 Å². The second-order valence-electron chi connectivity index (χ2n) is 7.15. The van der Waals surface area contributed by atoms with Crippen molar-refractivity contribution in [2.45, 2.75) is 26.3 Å². The lowest BCUT2D eigenvalue weighted by molar-refractivity contribution is 0.0744. The van der Waals surface area contributed by atoms with Gasteiger partial charge in [-0.1, -0.05) is 13.0 Å². The molecule has 30 heavy (non-hydrogen) atoms. The summed E-state index contributed by atoms with van der Waals surface area (Å²) in [6, 6.07) is 12.6. The van der Waals surface area contributed by atoms with Gasteiger partial charge in [-0.2, -0.15) is 5.10 Å². The average Bonchev–Trinajstić information content (AvgIpc) is 3.29. The zero-order valence-electron chi connectivity index (χ0n) is 17.3. The van der Waals surface area contributed by atoms with Crippen LogP contribution >= 0.6 is 0 Å². The van der Waals surface area contributed by atoms with Crippen LogP contribution in [0.3, 0.4) is 0 Å². The number of carbonyl (C=O) groups is 1. The number of aromatic hydroxyl groups is 1. The first-order valence-electron chi connectivity index (χ1n) is 10.1. The number of rotatable bonds is 7. The fraction of sp³-hybridized carbons (Fsp3) is 0.304. The van der Waals surface area contributed by atoms with Crippen LogP contribution < -0.4 is 9.47 Å². The van der Waals surface area contributed by atoms with Crippen LogP contribution in [0.25, 0.3) is 11.3 Å². The molecule has 1 unspecified atom stereocenters. The Balaban J connectivity index is 1.83. The van der Waals surface area contributed by atoms with Crippen molar-refractivity contribution in [3.8, 4) is 28.5 Å². The molecule has 1 aliphatic heterocycles. The Morgan fingerprint density at radius 1 is 1.17 bits per heavy atom. The zero-order valence-corrected chi connectivity index (χ0v) is 17.3. The average molecular weight is 407 g/mol. The van der Waals surface area contributed by atoms with Gasteiger partial charge in [-0.25, -0.2) is 0 Å². The van der Waals surface area contributed by atoms with Crippen molar-refractivity contribution in [2.24, 2.45) is 0 Å². The normalized spacial score (nSPS) is 15.4. The van der Waals surface area contributed by atoms with Gasteiger partial charge in [-0.05, 0) is 55.3 Å². The minimum absolute atomic E-state index is 0.0618. The molecular weight excluding hydrogens is 382 g/mol. The summed E-state index contributed by atoms with van der Waals surface area (Å²) >= 11 is 0. The molecule has 7 nitrogen and oxygen atoms in total. The van der Waals surface area contributed by atoms with Crippen molar-refractivity contribution in [2.75, 3.05) is 20.3 Å². The van der Waals surface area contributed by atoms with E-state index >= 15 is 0 Å². The first-order chi connectivity index (χ1) is 14.6. The lowest BCUT2D eigenvalue weighted by atomic mass is 9.95. The van der Waals surface area contributed by atoms with E-state index in [1.807, 2.05) is 49.1 Å². The van der Waals surface area contributed by atoms with Gasteiger partial charge < -0.3 is 19.5 Å². The van der Waals surface area contributed by atoms with E-state index in [0.717, 1.165) is 34.6 Å². The van der Waals surface area contributed by atoms with Gasteiger partial charge in [0, 0.05) is 17.7 Å². The molecule has 1 aliphatic rings. The Labute approximate surface area is 175 Å². The summed E-state index contributed by atoms with van der Waals surface area (Å²) in [7, 11) is 1.51. The van der Waals surface area contributed by atoms with Gasteiger partial charge in [0.05, 0.1) is 25.5 Å². The standard InChI is InChI=1S/C23H25N3O4/c1-4-12-26-22(15-8-11-17(27)18(13-15)29-3)19-20(24-25-21(19)23(26)28)14-6-9-16(10-7-14)30-5-2/h6-11,13,22,27H,4-5,12H2,1-3H3,(H,24,25). The number of nitrogens with zero attached hydrogens (tertiary/aromatic N) is 2. The van der Waals surface area contributed by atoms with E-state index in [4.69, 9.17) is 9.47 Å². The van der Waals surface area contributed by atoms with Crippen LogP contribution in [-0.4, -0.2) is 46.4 Å². The predicted octanol–water partition coefficient (Wildman–Crippen LogP) is 4.14.